The molecule has 0 aromatic heterocycles. The van der Waals surface area contributed by atoms with Crippen molar-refractivity contribution in [3.63, 3.8) is 0 Å². The first kappa shape index (κ1) is 22.3. The zero-order valence-corrected chi connectivity index (χ0v) is 19.9. The number of rotatable bonds is 5. The Hall–Kier alpha value is -3.18. The van der Waals surface area contributed by atoms with Crippen LogP contribution in [-0.2, 0) is 21.5 Å². The Morgan fingerprint density at radius 3 is 2.03 bits per heavy atom. The highest BCUT2D eigenvalue weighted by Gasteiger charge is 2.55. The van der Waals surface area contributed by atoms with E-state index in [2.05, 4.69) is 120 Å². The van der Waals surface area contributed by atoms with Crippen LogP contribution < -0.4 is 5.46 Å². The number of hydrogen-bond donors (Lipinski definition) is 0. The molecule has 6 rings (SSSR count). The smallest absolute Gasteiger partial charge is 0.400 e. The summed E-state index contributed by atoms with van der Waals surface area (Å²) in [6.45, 7) is 2.82. The lowest BCUT2D eigenvalue weighted by atomic mass is 9.65. The fourth-order valence-corrected chi connectivity index (χ4v) is 5.80. The van der Waals surface area contributed by atoms with Crippen molar-refractivity contribution in [2.75, 3.05) is 13.1 Å². The van der Waals surface area contributed by atoms with E-state index in [1.165, 1.54) is 16.7 Å². The van der Waals surface area contributed by atoms with Crippen LogP contribution in [-0.4, -0.2) is 25.1 Å². The van der Waals surface area contributed by atoms with Crippen LogP contribution >= 0.6 is 0 Å². The molecule has 0 saturated carbocycles. The molecule has 0 radical (unpaired) electrons. The number of nitrogens with zero attached hydrogens (tertiary/aromatic N) is 1. The average Bonchev–Trinajstić information content (AvgIpc) is 2.94. The van der Waals surface area contributed by atoms with Crippen molar-refractivity contribution in [3.05, 3.63) is 138 Å². The maximum atomic E-state index is 7.05. The predicted octanol–water partition coefficient (Wildman–Crippen LogP) is 5.59. The minimum Gasteiger partial charge on any atom is -0.400 e. The van der Waals surface area contributed by atoms with Crippen LogP contribution in [0.15, 0.2) is 121 Å². The highest BCUT2D eigenvalue weighted by molar-refractivity contribution is 6.61. The van der Waals surface area contributed by atoms with Gasteiger partial charge in [0.05, 0.1) is 11.7 Å². The molecular formula is C31H30BNO2. The Kier molecular flexibility index (Phi) is 6.26. The van der Waals surface area contributed by atoms with Crippen LogP contribution in [0.2, 0.25) is 0 Å². The van der Waals surface area contributed by atoms with Crippen LogP contribution in [0.1, 0.15) is 29.2 Å². The van der Waals surface area contributed by atoms with Crippen molar-refractivity contribution in [2.24, 2.45) is 5.92 Å². The number of benzene rings is 4. The van der Waals surface area contributed by atoms with Gasteiger partial charge in [-0.25, -0.2) is 0 Å². The molecule has 0 amide bonds. The summed E-state index contributed by atoms with van der Waals surface area (Å²) in [6, 6.07) is 42.6. The SMILES string of the molecule is c1ccc(CN2CCC3(c4ccccc4)OB(c4ccccc4)OC(c4ccccc4)C3C2)cc1. The van der Waals surface area contributed by atoms with Gasteiger partial charge >= 0.3 is 7.12 Å². The molecule has 4 heteroatoms. The summed E-state index contributed by atoms with van der Waals surface area (Å²) in [5.74, 6) is 0.157. The summed E-state index contributed by atoms with van der Waals surface area (Å²) < 4.78 is 13.9. The highest BCUT2D eigenvalue weighted by Crippen LogP contribution is 2.51. The Labute approximate surface area is 208 Å². The molecule has 0 N–H and O–H groups in total. The summed E-state index contributed by atoms with van der Waals surface area (Å²) in [4.78, 5) is 2.56. The number of fused-ring (bicyclic) bond motifs is 1. The second-order valence-electron chi connectivity index (χ2n) is 9.66. The van der Waals surface area contributed by atoms with Crippen molar-refractivity contribution in [2.45, 2.75) is 24.7 Å². The van der Waals surface area contributed by atoms with Crippen LogP contribution in [0.3, 0.4) is 0 Å². The number of piperidine rings is 1. The van der Waals surface area contributed by atoms with Gasteiger partial charge in [0.15, 0.2) is 0 Å². The van der Waals surface area contributed by atoms with Gasteiger partial charge in [-0.1, -0.05) is 121 Å². The summed E-state index contributed by atoms with van der Waals surface area (Å²) >= 11 is 0. The zero-order valence-electron chi connectivity index (χ0n) is 19.9. The van der Waals surface area contributed by atoms with E-state index in [1.807, 2.05) is 6.07 Å². The maximum Gasteiger partial charge on any atom is 0.495 e. The first-order chi connectivity index (χ1) is 17.3. The van der Waals surface area contributed by atoms with Gasteiger partial charge in [0, 0.05) is 25.6 Å². The Balaban J connectivity index is 1.42. The van der Waals surface area contributed by atoms with Gasteiger partial charge in [0.1, 0.15) is 0 Å². The molecule has 3 nitrogen and oxygen atoms in total. The fourth-order valence-electron chi connectivity index (χ4n) is 5.80. The molecule has 2 aliphatic heterocycles. The van der Waals surface area contributed by atoms with E-state index in [0.29, 0.717) is 0 Å². The third-order valence-corrected chi connectivity index (χ3v) is 7.52. The molecule has 35 heavy (non-hydrogen) atoms. The molecule has 0 spiro atoms. The van der Waals surface area contributed by atoms with Gasteiger partial charge in [0.25, 0.3) is 0 Å². The summed E-state index contributed by atoms with van der Waals surface area (Å²) in [7, 11) is -0.418. The molecule has 3 unspecified atom stereocenters. The van der Waals surface area contributed by atoms with Crippen LogP contribution in [0, 0.1) is 5.92 Å². The normalized spacial score (nSPS) is 24.6. The quantitative estimate of drug-likeness (QED) is 0.364. The summed E-state index contributed by atoms with van der Waals surface area (Å²) in [5, 5.41) is 0. The van der Waals surface area contributed by atoms with E-state index in [9.17, 15) is 0 Å². The third kappa shape index (κ3) is 4.45. The number of likely N-dealkylation sites (tertiary alicyclic amines) is 1. The average molecular weight is 459 g/mol. The molecule has 2 heterocycles. The van der Waals surface area contributed by atoms with Gasteiger partial charge in [0.2, 0.25) is 0 Å². The van der Waals surface area contributed by atoms with Gasteiger partial charge < -0.3 is 9.31 Å². The third-order valence-electron chi connectivity index (χ3n) is 7.52. The topological polar surface area (TPSA) is 21.7 Å². The molecule has 4 aromatic rings. The first-order valence-corrected chi connectivity index (χ1v) is 12.6. The van der Waals surface area contributed by atoms with Gasteiger partial charge in [-0.2, -0.15) is 0 Å². The molecule has 0 bridgehead atoms. The molecule has 4 aromatic carbocycles. The molecule has 2 aliphatic rings. The first-order valence-electron chi connectivity index (χ1n) is 12.6. The molecule has 2 saturated heterocycles. The van der Waals surface area contributed by atoms with Crippen molar-refractivity contribution in [1.29, 1.82) is 0 Å². The summed E-state index contributed by atoms with van der Waals surface area (Å²) in [5.41, 5.74) is 4.44. The minimum atomic E-state index is -0.423. The van der Waals surface area contributed by atoms with Gasteiger partial charge in [-0.15, -0.1) is 0 Å². The molecule has 3 atom stereocenters. The van der Waals surface area contributed by atoms with Crippen molar-refractivity contribution >= 4 is 12.6 Å². The van der Waals surface area contributed by atoms with Crippen molar-refractivity contribution < 1.29 is 9.31 Å². The van der Waals surface area contributed by atoms with E-state index in [4.69, 9.17) is 9.31 Å². The molecular weight excluding hydrogens is 429 g/mol. The lowest BCUT2D eigenvalue weighted by Gasteiger charge is -2.55. The largest absolute Gasteiger partial charge is 0.495 e. The Morgan fingerprint density at radius 1 is 0.743 bits per heavy atom. The molecule has 174 valence electrons. The van der Waals surface area contributed by atoms with Crippen LogP contribution in [0.5, 0.6) is 0 Å². The van der Waals surface area contributed by atoms with Crippen LogP contribution in [0.25, 0.3) is 0 Å². The zero-order chi connectivity index (χ0) is 23.5. The van der Waals surface area contributed by atoms with Crippen LogP contribution in [0.4, 0.5) is 0 Å². The maximum absolute atomic E-state index is 7.05. The standard InChI is InChI=1S/C31H30BNO2/c1-5-13-25(14-6-1)23-33-22-21-31(27-17-9-3-10-18-27)29(24-33)30(26-15-7-2-8-16-26)34-32(35-31)28-19-11-4-12-20-28/h1-20,29-30H,21-24H2. The van der Waals surface area contributed by atoms with Gasteiger partial charge in [-0.05, 0) is 28.6 Å². The predicted molar refractivity (Wildman–Crippen MR) is 141 cm³/mol. The fraction of sp³-hybridized carbons (Fsp3) is 0.226. The number of hydrogen-bond acceptors (Lipinski definition) is 3. The van der Waals surface area contributed by atoms with E-state index in [-0.39, 0.29) is 12.0 Å². The Morgan fingerprint density at radius 2 is 1.34 bits per heavy atom. The monoisotopic (exact) mass is 459 g/mol. The van der Waals surface area contributed by atoms with E-state index in [1.54, 1.807) is 0 Å². The second-order valence-corrected chi connectivity index (χ2v) is 9.66. The van der Waals surface area contributed by atoms with Crippen molar-refractivity contribution in [1.82, 2.24) is 4.90 Å². The lowest BCUT2D eigenvalue weighted by Crippen LogP contribution is -2.61. The second kappa shape index (κ2) is 9.83. The lowest BCUT2D eigenvalue weighted by molar-refractivity contribution is -0.151. The van der Waals surface area contributed by atoms with Crippen molar-refractivity contribution in [3.8, 4) is 0 Å². The Bertz CT molecular complexity index is 1220. The van der Waals surface area contributed by atoms with E-state index < -0.39 is 12.7 Å². The minimum absolute atomic E-state index is 0.0751. The highest BCUT2D eigenvalue weighted by atomic mass is 16.6. The molecule has 0 aliphatic carbocycles. The summed E-state index contributed by atoms with van der Waals surface area (Å²) in [6.07, 6.45) is 0.846. The van der Waals surface area contributed by atoms with E-state index >= 15 is 0 Å². The molecule has 2 fully saturated rings. The van der Waals surface area contributed by atoms with E-state index in [0.717, 1.165) is 31.5 Å². The van der Waals surface area contributed by atoms with Gasteiger partial charge in [-0.3, -0.25) is 4.90 Å².